The van der Waals surface area contributed by atoms with Gasteiger partial charge in [0.15, 0.2) is 0 Å². The highest BCUT2D eigenvalue weighted by atomic mass is 35.5. The van der Waals surface area contributed by atoms with Crippen LogP contribution >= 0.6 is 22.9 Å². The number of halogens is 1. The maximum atomic E-state index is 11.5. The van der Waals surface area contributed by atoms with Crippen LogP contribution < -0.4 is 5.32 Å². The van der Waals surface area contributed by atoms with E-state index in [1.165, 1.54) is 11.3 Å². The van der Waals surface area contributed by atoms with Gasteiger partial charge >= 0.3 is 0 Å². The number of thiophene rings is 1. The molecule has 0 aliphatic rings. The van der Waals surface area contributed by atoms with E-state index in [-0.39, 0.29) is 5.91 Å². The molecule has 0 bridgehead atoms. The molecule has 0 aromatic carbocycles. The maximum Gasteiger partial charge on any atom is 0.262 e. The third-order valence-corrected chi connectivity index (χ3v) is 3.32. The Bertz CT molecular complexity index is 381. The monoisotopic (exact) mass is 228 g/mol. The molecule has 1 amide bonds. The first-order valence-electron chi connectivity index (χ1n) is 4.05. The van der Waals surface area contributed by atoms with Gasteiger partial charge in [-0.1, -0.05) is 11.6 Å². The number of hydrogen-bond acceptors (Lipinski definition) is 3. The van der Waals surface area contributed by atoms with Gasteiger partial charge in [0.25, 0.3) is 5.91 Å². The van der Waals surface area contributed by atoms with Gasteiger partial charge in [-0.15, -0.1) is 11.3 Å². The number of nitriles is 1. The summed E-state index contributed by atoms with van der Waals surface area (Å²) in [6.45, 7) is 2.22. The summed E-state index contributed by atoms with van der Waals surface area (Å²) in [5.74, 6) is -0.205. The summed E-state index contributed by atoms with van der Waals surface area (Å²) in [6.07, 6.45) is 0.313. The lowest BCUT2D eigenvalue weighted by Crippen LogP contribution is -2.23. The Morgan fingerprint density at radius 1 is 1.79 bits per heavy atom. The Kier molecular flexibility index (Phi) is 3.93. The lowest BCUT2D eigenvalue weighted by atomic mass is 10.3. The highest BCUT2D eigenvalue weighted by molar-refractivity contribution is 7.13. The molecule has 0 aliphatic heterocycles. The summed E-state index contributed by atoms with van der Waals surface area (Å²) in [5, 5.41) is 13.2. The van der Waals surface area contributed by atoms with E-state index in [0.29, 0.717) is 22.9 Å². The van der Waals surface area contributed by atoms with E-state index < -0.39 is 0 Å². The van der Waals surface area contributed by atoms with E-state index in [0.717, 1.165) is 5.56 Å². The lowest BCUT2D eigenvalue weighted by Gasteiger charge is -2.00. The molecule has 0 unspecified atom stereocenters. The van der Waals surface area contributed by atoms with Gasteiger partial charge in [0, 0.05) is 6.54 Å². The predicted octanol–water partition coefficient (Wildman–Crippen LogP) is 2.35. The number of amides is 1. The van der Waals surface area contributed by atoms with E-state index in [2.05, 4.69) is 5.32 Å². The minimum atomic E-state index is -0.205. The third kappa shape index (κ3) is 2.47. The molecule has 3 nitrogen and oxygen atoms in total. The summed E-state index contributed by atoms with van der Waals surface area (Å²) in [4.78, 5) is 12.0. The van der Waals surface area contributed by atoms with Crippen LogP contribution in [-0.4, -0.2) is 12.5 Å². The molecule has 1 N–H and O–H groups in total. The van der Waals surface area contributed by atoms with Crippen LogP contribution in [-0.2, 0) is 0 Å². The van der Waals surface area contributed by atoms with Crippen molar-refractivity contribution < 1.29 is 4.79 Å². The number of rotatable bonds is 3. The number of aryl methyl sites for hydroxylation is 1. The van der Waals surface area contributed by atoms with Crippen molar-refractivity contribution in [3.05, 3.63) is 20.8 Å². The van der Waals surface area contributed by atoms with Crippen LogP contribution in [0.4, 0.5) is 0 Å². The van der Waals surface area contributed by atoms with Crippen molar-refractivity contribution >= 4 is 28.8 Å². The molecule has 1 aromatic heterocycles. The Morgan fingerprint density at radius 2 is 2.50 bits per heavy atom. The van der Waals surface area contributed by atoms with E-state index in [1.54, 1.807) is 0 Å². The van der Waals surface area contributed by atoms with Crippen molar-refractivity contribution in [2.24, 2.45) is 0 Å². The molecular formula is C9H9ClN2OS. The fraction of sp³-hybridized carbons (Fsp3) is 0.333. The molecule has 0 saturated carbocycles. The Hall–Kier alpha value is -1.05. The van der Waals surface area contributed by atoms with Crippen molar-refractivity contribution in [2.45, 2.75) is 13.3 Å². The fourth-order valence-electron chi connectivity index (χ4n) is 0.895. The van der Waals surface area contributed by atoms with Gasteiger partial charge < -0.3 is 5.32 Å². The van der Waals surface area contributed by atoms with Gasteiger partial charge in [-0.2, -0.15) is 5.26 Å². The first-order chi connectivity index (χ1) is 6.66. The first-order valence-corrected chi connectivity index (χ1v) is 5.31. The lowest BCUT2D eigenvalue weighted by molar-refractivity contribution is 0.0958. The largest absolute Gasteiger partial charge is 0.350 e. The van der Waals surface area contributed by atoms with Gasteiger partial charge in [-0.05, 0) is 17.9 Å². The zero-order valence-corrected chi connectivity index (χ0v) is 9.21. The molecule has 0 saturated heterocycles. The molecule has 1 aromatic rings. The Morgan fingerprint density at radius 3 is 3.00 bits per heavy atom. The highest BCUT2D eigenvalue weighted by Crippen LogP contribution is 2.26. The smallest absolute Gasteiger partial charge is 0.262 e. The zero-order chi connectivity index (χ0) is 10.6. The van der Waals surface area contributed by atoms with Gasteiger partial charge in [0.2, 0.25) is 0 Å². The second-order valence-electron chi connectivity index (χ2n) is 2.73. The van der Waals surface area contributed by atoms with Gasteiger partial charge in [0.05, 0.1) is 17.5 Å². The third-order valence-electron chi connectivity index (χ3n) is 1.63. The molecule has 0 aliphatic carbocycles. The Labute approximate surface area is 91.3 Å². The average molecular weight is 229 g/mol. The van der Waals surface area contributed by atoms with Crippen LogP contribution in [0.5, 0.6) is 0 Å². The maximum absolute atomic E-state index is 11.5. The molecule has 74 valence electrons. The van der Waals surface area contributed by atoms with Crippen LogP contribution in [0.3, 0.4) is 0 Å². The number of carbonyl (C=O) groups is 1. The van der Waals surface area contributed by atoms with Crippen LogP contribution in [0, 0.1) is 18.3 Å². The van der Waals surface area contributed by atoms with Crippen LogP contribution in [0.1, 0.15) is 21.7 Å². The molecular weight excluding hydrogens is 220 g/mol. The standard InChI is InChI=1S/C9H9ClN2OS/c1-6-5-14-8(7(6)10)9(13)12-4-2-3-11/h5H,2,4H2,1H3,(H,12,13). The van der Waals surface area contributed by atoms with Crippen molar-refractivity contribution in [2.75, 3.05) is 6.54 Å². The second-order valence-corrected chi connectivity index (χ2v) is 3.98. The second kappa shape index (κ2) is 4.99. The molecule has 0 atom stereocenters. The summed E-state index contributed by atoms with van der Waals surface area (Å²) in [6, 6.07) is 1.95. The van der Waals surface area contributed by atoms with Crippen LogP contribution in [0.15, 0.2) is 5.38 Å². The van der Waals surface area contributed by atoms with Gasteiger partial charge in [-0.25, -0.2) is 0 Å². The van der Waals surface area contributed by atoms with E-state index in [4.69, 9.17) is 16.9 Å². The predicted molar refractivity (Wildman–Crippen MR) is 56.6 cm³/mol. The molecule has 14 heavy (non-hydrogen) atoms. The van der Waals surface area contributed by atoms with E-state index >= 15 is 0 Å². The minimum Gasteiger partial charge on any atom is -0.350 e. The first kappa shape index (κ1) is 11.0. The SMILES string of the molecule is Cc1csc(C(=O)NCCC#N)c1Cl. The average Bonchev–Trinajstić information content (AvgIpc) is 2.48. The molecule has 0 spiro atoms. The summed E-state index contributed by atoms with van der Waals surface area (Å²) in [5.41, 5.74) is 0.905. The summed E-state index contributed by atoms with van der Waals surface area (Å²) in [7, 11) is 0. The van der Waals surface area contributed by atoms with Crippen molar-refractivity contribution in [3.63, 3.8) is 0 Å². The zero-order valence-electron chi connectivity index (χ0n) is 7.63. The van der Waals surface area contributed by atoms with Gasteiger partial charge in [0.1, 0.15) is 4.88 Å². The van der Waals surface area contributed by atoms with Crippen LogP contribution in [0.25, 0.3) is 0 Å². The van der Waals surface area contributed by atoms with Crippen molar-refractivity contribution in [1.82, 2.24) is 5.32 Å². The van der Waals surface area contributed by atoms with Gasteiger partial charge in [-0.3, -0.25) is 4.79 Å². The van der Waals surface area contributed by atoms with Crippen LogP contribution in [0.2, 0.25) is 5.02 Å². The molecule has 1 rings (SSSR count). The van der Waals surface area contributed by atoms with Crippen molar-refractivity contribution in [3.8, 4) is 6.07 Å². The number of nitrogens with one attached hydrogen (secondary N) is 1. The Balaban J connectivity index is 2.62. The topological polar surface area (TPSA) is 52.9 Å². The number of carbonyl (C=O) groups excluding carboxylic acids is 1. The fourth-order valence-corrected chi connectivity index (χ4v) is 2.09. The van der Waals surface area contributed by atoms with E-state index in [1.807, 2.05) is 18.4 Å². The number of hydrogen-bond donors (Lipinski definition) is 1. The summed E-state index contributed by atoms with van der Waals surface area (Å²) < 4.78 is 0. The van der Waals surface area contributed by atoms with E-state index in [9.17, 15) is 4.79 Å². The summed E-state index contributed by atoms with van der Waals surface area (Å²) >= 11 is 7.22. The highest BCUT2D eigenvalue weighted by Gasteiger charge is 2.13. The quantitative estimate of drug-likeness (QED) is 0.808. The van der Waals surface area contributed by atoms with Crippen molar-refractivity contribution in [1.29, 1.82) is 5.26 Å². The molecule has 0 radical (unpaired) electrons. The molecule has 5 heteroatoms. The normalized spacial score (nSPS) is 9.50. The minimum absolute atomic E-state index is 0.205. The molecule has 1 heterocycles. The number of nitrogens with zero attached hydrogens (tertiary/aromatic N) is 1. The molecule has 0 fully saturated rings.